The van der Waals surface area contributed by atoms with Crippen LogP contribution in [0, 0.1) is 0 Å². The smallest absolute Gasteiger partial charge is 0.308 e. The summed E-state index contributed by atoms with van der Waals surface area (Å²) in [5.74, 6) is -1.22. The Morgan fingerprint density at radius 1 is 1.05 bits per heavy atom. The van der Waals surface area contributed by atoms with E-state index in [0.717, 1.165) is 22.8 Å². The molecule has 0 aliphatic carbocycles. The van der Waals surface area contributed by atoms with E-state index in [4.69, 9.17) is 17.0 Å². The number of hydrogen-bond donors (Lipinski definition) is 2. The van der Waals surface area contributed by atoms with Crippen LogP contribution in [-0.4, -0.2) is 53.5 Å². The number of carbonyl (C=O) groups excluding carboxylic acids is 3. The van der Waals surface area contributed by atoms with E-state index in [1.165, 1.54) is 11.6 Å². The average Bonchev–Trinajstić information content (AvgIpc) is 2.91. The molecule has 1 unspecified atom stereocenters. The topological polar surface area (TPSA) is 87.7 Å². The summed E-state index contributed by atoms with van der Waals surface area (Å²) in [6, 6.07) is 22.9. The molecule has 0 radical (unpaired) electrons. The Hall–Kier alpha value is -4.04. The second-order valence-corrected chi connectivity index (χ2v) is 9.10. The van der Waals surface area contributed by atoms with E-state index < -0.39 is 17.9 Å². The molecule has 1 aliphatic rings. The number of benzene rings is 3. The van der Waals surface area contributed by atoms with E-state index in [2.05, 4.69) is 10.6 Å². The zero-order valence-corrected chi connectivity index (χ0v) is 21.2. The maximum atomic E-state index is 12.6. The Labute approximate surface area is 221 Å². The van der Waals surface area contributed by atoms with E-state index in [1.54, 1.807) is 11.0 Å². The molecular weight excluding hydrogens is 486 g/mol. The molecular formula is C29H29N3O4S. The number of fused-ring (bicyclic) bond motifs is 1. The van der Waals surface area contributed by atoms with Crippen LogP contribution in [0.1, 0.15) is 24.0 Å². The van der Waals surface area contributed by atoms with E-state index >= 15 is 0 Å². The van der Waals surface area contributed by atoms with Gasteiger partial charge in [-0.3, -0.25) is 19.7 Å². The third-order valence-electron chi connectivity index (χ3n) is 6.14. The molecule has 8 heteroatoms. The van der Waals surface area contributed by atoms with Gasteiger partial charge in [0.2, 0.25) is 11.8 Å². The number of nitrogens with one attached hydrogen (secondary N) is 2. The first-order chi connectivity index (χ1) is 18.0. The molecule has 1 saturated heterocycles. The van der Waals surface area contributed by atoms with Gasteiger partial charge in [0, 0.05) is 19.2 Å². The van der Waals surface area contributed by atoms with Gasteiger partial charge in [0.1, 0.15) is 6.04 Å². The zero-order chi connectivity index (χ0) is 26.0. The second-order valence-electron chi connectivity index (χ2n) is 8.71. The van der Waals surface area contributed by atoms with Crippen LogP contribution in [-0.2, 0) is 25.5 Å². The van der Waals surface area contributed by atoms with Crippen molar-refractivity contribution in [1.29, 1.82) is 0 Å². The van der Waals surface area contributed by atoms with Crippen LogP contribution in [0.4, 0.5) is 0 Å². The van der Waals surface area contributed by atoms with E-state index in [-0.39, 0.29) is 24.0 Å². The number of nitrogens with zero attached hydrogens (tertiary/aromatic N) is 1. The molecule has 7 nitrogen and oxygen atoms in total. The van der Waals surface area contributed by atoms with Crippen molar-refractivity contribution in [2.75, 3.05) is 19.7 Å². The first kappa shape index (κ1) is 26.0. The standard InChI is InChI=1S/C29H29N3O4S/c33-26(16-15-23-13-6-12-22-11-4-5-14-24(22)23)31-29(37)32-18-17-30-28(35)25(32)20-27(34)36-19-7-10-21-8-2-1-3-9-21/h1-6,8-9,11-16,25H,7,10,17-20H2,(H,30,35)(H,31,33,37). The first-order valence-corrected chi connectivity index (χ1v) is 12.7. The predicted octanol–water partition coefficient (Wildman–Crippen LogP) is 3.62. The molecule has 0 bridgehead atoms. The summed E-state index contributed by atoms with van der Waals surface area (Å²) in [4.78, 5) is 39.2. The normalized spacial score (nSPS) is 15.4. The fraction of sp³-hybridized carbons (Fsp3) is 0.241. The van der Waals surface area contributed by atoms with Gasteiger partial charge < -0.3 is 15.0 Å². The molecule has 0 saturated carbocycles. The average molecular weight is 516 g/mol. The number of piperazine rings is 1. The zero-order valence-electron chi connectivity index (χ0n) is 20.4. The lowest BCUT2D eigenvalue weighted by Gasteiger charge is -2.36. The van der Waals surface area contributed by atoms with Gasteiger partial charge in [-0.2, -0.15) is 0 Å². The Balaban J connectivity index is 1.30. The highest BCUT2D eigenvalue weighted by molar-refractivity contribution is 7.80. The molecule has 3 aromatic carbocycles. The van der Waals surface area contributed by atoms with Gasteiger partial charge in [-0.25, -0.2) is 0 Å². The van der Waals surface area contributed by atoms with Crippen LogP contribution < -0.4 is 10.6 Å². The molecule has 3 aromatic rings. The summed E-state index contributed by atoms with van der Waals surface area (Å²) in [6.45, 7) is 1.01. The molecule has 2 amide bonds. The third kappa shape index (κ3) is 7.24. The van der Waals surface area contributed by atoms with Gasteiger partial charge in [0.05, 0.1) is 13.0 Å². The van der Waals surface area contributed by atoms with Crippen LogP contribution in [0.3, 0.4) is 0 Å². The molecule has 37 heavy (non-hydrogen) atoms. The molecule has 0 aromatic heterocycles. The van der Waals surface area contributed by atoms with Gasteiger partial charge in [0.15, 0.2) is 5.11 Å². The fourth-order valence-corrected chi connectivity index (χ4v) is 4.58. The summed E-state index contributed by atoms with van der Waals surface area (Å²) in [6.07, 6.45) is 4.47. The monoisotopic (exact) mass is 515 g/mol. The van der Waals surface area contributed by atoms with Crippen molar-refractivity contribution in [1.82, 2.24) is 15.5 Å². The maximum absolute atomic E-state index is 12.6. The maximum Gasteiger partial charge on any atom is 0.308 e. The number of hydrogen-bond acceptors (Lipinski definition) is 5. The highest BCUT2D eigenvalue weighted by Crippen LogP contribution is 2.19. The van der Waals surface area contributed by atoms with Crippen LogP contribution in [0.5, 0.6) is 0 Å². The Kier molecular flexibility index (Phi) is 8.99. The number of rotatable bonds is 8. The molecule has 1 fully saturated rings. The van der Waals surface area contributed by atoms with Crippen LogP contribution in [0.2, 0.25) is 0 Å². The minimum Gasteiger partial charge on any atom is -0.466 e. The molecule has 4 rings (SSSR count). The van der Waals surface area contributed by atoms with Crippen molar-refractivity contribution < 1.29 is 19.1 Å². The van der Waals surface area contributed by atoms with Gasteiger partial charge in [-0.15, -0.1) is 0 Å². The highest BCUT2D eigenvalue weighted by Gasteiger charge is 2.34. The largest absolute Gasteiger partial charge is 0.466 e. The summed E-state index contributed by atoms with van der Waals surface area (Å²) < 4.78 is 5.36. The van der Waals surface area contributed by atoms with Gasteiger partial charge in [-0.1, -0.05) is 72.8 Å². The van der Waals surface area contributed by atoms with E-state index in [0.29, 0.717) is 19.5 Å². The minimum atomic E-state index is -0.842. The molecule has 0 spiro atoms. The Morgan fingerprint density at radius 3 is 2.65 bits per heavy atom. The summed E-state index contributed by atoms with van der Waals surface area (Å²) >= 11 is 5.43. The third-order valence-corrected chi connectivity index (χ3v) is 6.47. The number of aryl methyl sites for hydroxylation is 1. The molecule has 1 heterocycles. The molecule has 1 aliphatic heterocycles. The summed E-state index contributed by atoms with van der Waals surface area (Å²) in [5.41, 5.74) is 2.08. The number of amides is 2. The SMILES string of the molecule is O=C(C=Cc1cccc2ccccc12)NC(=S)N1CCNC(=O)C1CC(=O)OCCCc1ccccc1. The fourth-order valence-electron chi connectivity index (χ4n) is 4.26. The van der Waals surface area contributed by atoms with Crippen LogP contribution in [0.15, 0.2) is 78.9 Å². The Bertz CT molecular complexity index is 1300. The molecule has 1 atom stereocenters. The number of ether oxygens (including phenoxy) is 1. The lowest BCUT2D eigenvalue weighted by Crippen LogP contribution is -2.60. The van der Waals surface area contributed by atoms with Crippen molar-refractivity contribution in [3.8, 4) is 0 Å². The van der Waals surface area contributed by atoms with Gasteiger partial charge in [0.25, 0.3) is 0 Å². The highest BCUT2D eigenvalue weighted by atomic mass is 32.1. The van der Waals surface area contributed by atoms with Crippen LogP contribution in [0.25, 0.3) is 16.8 Å². The second kappa shape index (κ2) is 12.8. The molecule has 190 valence electrons. The van der Waals surface area contributed by atoms with E-state index in [9.17, 15) is 14.4 Å². The Morgan fingerprint density at radius 2 is 1.81 bits per heavy atom. The van der Waals surface area contributed by atoms with Crippen molar-refractivity contribution in [2.45, 2.75) is 25.3 Å². The van der Waals surface area contributed by atoms with Crippen molar-refractivity contribution >= 4 is 52.0 Å². The quantitative estimate of drug-likeness (QED) is 0.206. The van der Waals surface area contributed by atoms with Crippen LogP contribution >= 0.6 is 12.2 Å². The summed E-state index contributed by atoms with van der Waals surface area (Å²) in [7, 11) is 0. The summed E-state index contributed by atoms with van der Waals surface area (Å²) in [5, 5.41) is 7.63. The molecule has 2 N–H and O–H groups in total. The predicted molar refractivity (Wildman–Crippen MR) is 148 cm³/mol. The number of thiocarbonyl (C=S) groups is 1. The lowest BCUT2D eigenvalue weighted by molar-refractivity contribution is -0.147. The van der Waals surface area contributed by atoms with Crippen molar-refractivity contribution in [2.24, 2.45) is 0 Å². The first-order valence-electron chi connectivity index (χ1n) is 12.3. The number of esters is 1. The lowest BCUT2D eigenvalue weighted by atomic mass is 10.0. The number of carbonyl (C=O) groups is 3. The van der Waals surface area contributed by atoms with Gasteiger partial charge >= 0.3 is 5.97 Å². The van der Waals surface area contributed by atoms with E-state index in [1.807, 2.05) is 72.8 Å². The van der Waals surface area contributed by atoms with Gasteiger partial charge in [-0.05, 0) is 53.0 Å². The van der Waals surface area contributed by atoms with Crippen molar-refractivity contribution in [3.05, 3.63) is 90.0 Å². The van der Waals surface area contributed by atoms with Crippen molar-refractivity contribution in [3.63, 3.8) is 0 Å². The minimum absolute atomic E-state index is 0.101.